The number of aromatic nitrogens is 4. The molecular formula is C20H14N4O2. The van der Waals surface area contributed by atoms with Gasteiger partial charge in [0, 0.05) is 23.3 Å². The number of hydrogen-bond donors (Lipinski definition) is 0. The third kappa shape index (κ3) is 2.20. The summed E-state index contributed by atoms with van der Waals surface area (Å²) in [5, 5.41) is 1.63. The Morgan fingerprint density at radius 1 is 1.00 bits per heavy atom. The summed E-state index contributed by atoms with van der Waals surface area (Å²) in [6.07, 6.45) is 6.28. The van der Waals surface area contributed by atoms with Crippen molar-refractivity contribution >= 4 is 28.6 Å². The van der Waals surface area contributed by atoms with E-state index in [0.717, 1.165) is 20.9 Å². The fraction of sp³-hybridized carbons (Fsp3) is 0. The number of pyridine rings is 2. The van der Waals surface area contributed by atoms with Crippen molar-refractivity contribution in [3.8, 4) is 5.82 Å². The maximum atomic E-state index is 13.0. The Hall–Kier alpha value is -3.80. The first-order chi connectivity index (χ1) is 12.7. The molecule has 126 valence electrons. The standard InChI is InChI=1S/C20H14N4O2/c1-3-13-9-11-21-17(15(13)4-2)24-19(25)22-18-16-8-6-5-7-14(16)10-12-23(18)20(24)26/h3-12H,1-2H2. The third-order valence-electron chi connectivity index (χ3n) is 4.26. The first kappa shape index (κ1) is 15.7. The molecule has 0 aliphatic carbocycles. The van der Waals surface area contributed by atoms with Crippen molar-refractivity contribution in [3.05, 3.63) is 94.0 Å². The highest BCUT2D eigenvalue weighted by Crippen LogP contribution is 2.18. The van der Waals surface area contributed by atoms with Crippen LogP contribution in [-0.2, 0) is 0 Å². The molecule has 26 heavy (non-hydrogen) atoms. The zero-order valence-electron chi connectivity index (χ0n) is 13.8. The molecule has 1 aromatic carbocycles. The Labute approximate surface area is 148 Å². The van der Waals surface area contributed by atoms with Gasteiger partial charge in [-0.15, -0.1) is 0 Å². The summed E-state index contributed by atoms with van der Waals surface area (Å²) < 4.78 is 2.30. The topological polar surface area (TPSA) is 69.3 Å². The van der Waals surface area contributed by atoms with E-state index in [9.17, 15) is 9.59 Å². The predicted molar refractivity (Wildman–Crippen MR) is 103 cm³/mol. The second-order valence-electron chi connectivity index (χ2n) is 5.65. The number of fused-ring (bicyclic) bond motifs is 3. The van der Waals surface area contributed by atoms with Crippen LogP contribution in [0, 0.1) is 0 Å². The van der Waals surface area contributed by atoms with E-state index in [1.807, 2.05) is 30.3 Å². The SMILES string of the molecule is C=Cc1ccnc(-n2c(=O)nc3c4ccccc4ccn3c2=O)c1C=C. The smallest absolute Gasteiger partial charge is 0.252 e. The van der Waals surface area contributed by atoms with Crippen molar-refractivity contribution in [1.82, 2.24) is 18.9 Å². The largest absolute Gasteiger partial charge is 0.359 e. The third-order valence-corrected chi connectivity index (χ3v) is 4.26. The van der Waals surface area contributed by atoms with Gasteiger partial charge in [-0.25, -0.2) is 14.6 Å². The van der Waals surface area contributed by atoms with Crippen LogP contribution in [0.25, 0.3) is 34.4 Å². The molecule has 3 heterocycles. The van der Waals surface area contributed by atoms with Gasteiger partial charge in [0.15, 0.2) is 11.5 Å². The second kappa shape index (κ2) is 5.93. The first-order valence-corrected chi connectivity index (χ1v) is 7.93. The molecule has 0 bridgehead atoms. The highest BCUT2D eigenvalue weighted by Gasteiger charge is 2.16. The molecule has 0 radical (unpaired) electrons. The maximum absolute atomic E-state index is 13.0. The average Bonchev–Trinajstić information content (AvgIpc) is 2.67. The number of benzene rings is 1. The zero-order chi connectivity index (χ0) is 18.3. The van der Waals surface area contributed by atoms with Crippen LogP contribution in [0.4, 0.5) is 0 Å². The fourth-order valence-corrected chi connectivity index (χ4v) is 3.02. The first-order valence-electron chi connectivity index (χ1n) is 7.93. The van der Waals surface area contributed by atoms with Crippen molar-refractivity contribution in [2.24, 2.45) is 0 Å². The van der Waals surface area contributed by atoms with Crippen LogP contribution in [0.5, 0.6) is 0 Å². The lowest BCUT2D eigenvalue weighted by Gasteiger charge is -2.11. The minimum absolute atomic E-state index is 0.183. The molecule has 0 spiro atoms. The van der Waals surface area contributed by atoms with Gasteiger partial charge in [-0.2, -0.15) is 9.55 Å². The van der Waals surface area contributed by atoms with E-state index in [0.29, 0.717) is 11.2 Å². The van der Waals surface area contributed by atoms with E-state index < -0.39 is 11.4 Å². The van der Waals surface area contributed by atoms with E-state index in [1.54, 1.807) is 24.4 Å². The van der Waals surface area contributed by atoms with Crippen LogP contribution < -0.4 is 11.4 Å². The molecule has 0 N–H and O–H groups in total. The summed E-state index contributed by atoms with van der Waals surface area (Å²) >= 11 is 0. The zero-order valence-corrected chi connectivity index (χ0v) is 13.8. The molecule has 0 aliphatic heterocycles. The Morgan fingerprint density at radius 2 is 1.81 bits per heavy atom. The maximum Gasteiger partial charge on any atom is 0.359 e. The summed E-state index contributed by atoms with van der Waals surface area (Å²) in [4.78, 5) is 34.1. The van der Waals surface area contributed by atoms with Gasteiger partial charge in [-0.1, -0.05) is 49.6 Å². The van der Waals surface area contributed by atoms with E-state index >= 15 is 0 Å². The number of rotatable bonds is 3. The summed E-state index contributed by atoms with van der Waals surface area (Å²) in [6.45, 7) is 7.50. The lowest BCUT2D eigenvalue weighted by molar-refractivity contribution is 0.777. The van der Waals surface area contributed by atoms with Gasteiger partial charge in [0.1, 0.15) is 0 Å². The van der Waals surface area contributed by atoms with E-state index in [4.69, 9.17) is 0 Å². The van der Waals surface area contributed by atoms with Crippen molar-refractivity contribution in [1.29, 1.82) is 0 Å². The van der Waals surface area contributed by atoms with Gasteiger partial charge in [-0.3, -0.25) is 4.40 Å². The molecule has 6 nitrogen and oxygen atoms in total. The molecule has 0 amide bonds. The van der Waals surface area contributed by atoms with Gasteiger partial charge >= 0.3 is 11.4 Å². The van der Waals surface area contributed by atoms with Crippen molar-refractivity contribution in [3.63, 3.8) is 0 Å². The highest BCUT2D eigenvalue weighted by atomic mass is 16.2. The quantitative estimate of drug-likeness (QED) is 0.537. The van der Waals surface area contributed by atoms with Gasteiger partial charge < -0.3 is 0 Å². The van der Waals surface area contributed by atoms with Gasteiger partial charge in [-0.05, 0) is 23.1 Å². The molecule has 0 saturated heterocycles. The van der Waals surface area contributed by atoms with Gasteiger partial charge in [0.2, 0.25) is 0 Å². The van der Waals surface area contributed by atoms with Crippen LogP contribution in [0.3, 0.4) is 0 Å². The average molecular weight is 342 g/mol. The van der Waals surface area contributed by atoms with Crippen molar-refractivity contribution in [2.75, 3.05) is 0 Å². The molecule has 4 rings (SSSR count). The summed E-state index contributed by atoms with van der Waals surface area (Å²) in [6, 6.07) is 11.0. The Bertz CT molecular complexity index is 1320. The molecule has 4 aromatic rings. The second-order valence-corrected chi connectivity index (χ2v) is 5.65. The molecule has 0 aliphatic rings. The molecule has 0 saturated carbocycles. The lowest BCUT2D eigenvalue weighted by Crippen LogP contribution is -2.39. The minimum Gasteiger partial charge on any atom is -0.252 e. The Morgan fingerprint density at radius 3 is 2.58 bits per heavy atom. The van der Waals surface area contributed by atoms with Crippen LogP contribution in [-0.4, -0.2) is 18.9 Å². The number of nitrogens with zero attached hydrogens (tertiary/aromatic N) is 4. The van der Waals surface area contributed by atoms with E-state index in [-0.39, 0.29) is 5.82 Å². The van der Waals surface area contributed by atoms with Gasteiger partial charge in [0.05, 0.1) is 0 Å². The fourth-order valence-electron chi connectivity index (χ4n) is 3.02. The Balaban J connectivity index is 2.16. The van der Waals surface area contributed by atoms with E-state index in [1.165, 1.54) is 10.6 Å². The monoisotopic (exact) mass is 342 g/mol. The summed E-state index contributed by atoms with van der Waals surface area (Å²) in [5.41, 5.74) is 0.351. The highest BCUT2D eigenvalue weighted by molar-refractivity contribution is 5.93. The summed E-state index contributed by atoms with van der Waals surface area (Å²) in [7, 11) is 0. The van der Waals surface area contributed by atoms with Crippen molar-refractivity contribution in [2.45, 2.75) is 0 Å². The molecule has 6 heteroatoms. The molecular weight excluding hydrogens is 328 g/mol. The Kier molecular flexibility index (Phi) is 3.58. The minimum atomic E-state index is -0.692. The normalized spacial score (nSPS) is 10.9. The van der Waals surface area contributed by atoms with Crippen LogP contribution >= 0.6 is 0 Å². The molecule has 0 unspecified atom stereocenters. The van der Waals surface area contributed by atoms with Gasteiger partial charge in [0.25, 0.3) is 0 Å². The molecule has 0 fully saturated rings. The molecule has 0 atom stereocenters. The lowest BCUT2D eigenvalue weighted by atomic mass is 10.1. The van der Waals surface area contributed by atoms with Crippen LogP contribution in [0.15, 0.2) is 71.5 Å². The van der Waals surface area contributed by atoms with Crippen LogP contribution in [0.2, 0.25) is 0 Å². The van der Waals surface area contributed by atoms with E-state index in [2.05, 4.69) is 23.1 Å². The van der Waals surface area contributed by atoms with Crippen molar-refractivity contribution < 1.29 is 0 Å². The molecule has 3 aromatic heterocycles. The summed E-state index contributed by atoms with van der Waals surface area (Å²) in [5.74, 6) is 0.183. The van der Waals surface area contributed by atoms with Crippen LogP contribution in [0.1, 0.15) is 11.1 Å². The predicted octanol–water partition coefficient (Wildman–Crippen LogP) is 2.68. The number of hydrogen-bond acceptors (Lipinski definition) is 4.